The summed E-state index contributed by atoms with van der Waals surface area (Å²) in [5, 5.41) is 12.9. The van der Waals surface area contributed by atoms with Gasteiger partial charge in [0.2, 0.25) is 11.9 Å². The molecule has 1 aromatic carbocycles. The molecule has 1 N–H and O–H groups in total. The minimum atomic E-state index is 0.243. The van der Waals surface area contributed by atoms with Crippen molar-refractivity contribution < 1.29 is 9.47 Å². The first-order chi connectivity index (χ1) is 17.3. The maximum atomic E-state index is 9.33. The van der Waals surface area contributed by atoms with Gasteiger partial charge in [0.05, 0.1) is 42.1 Å². The second kappa shape index (κ2) is 9.58. The van der Waals surface area contributed by atoms with E-state index in [0.29, 0.717) is 11.5 Å². The molecule has 180 valence electrons. The first-order valence-corrected chi connectivity index (χ1v) is 12.0. The fourth-order valence-electron chi connectivity index (χ4n) is 4.80. The van der Waals surface area contributed by atoms with Crippen LogP contribution in [0.25, 0.3) is 28.1 Å². The van der Waals surface area contributed by atoms with Crippen molar-refractivity contribution in [3.8, 4) is 12.0 Å². The molecule has 2 saturated heterocycles. The van der Waals surface area contributed by atoms with Gasteiger partial charge < -0.3 is 14.8 Å². The lowest BCUT2D eigenvalue weighted by Crippen LogP contribution is -2.39. The Balaban J connectivity index is 1.36. The van der Waals surface area contributed by atoms with Gasteiger partial charge in [-0.05, 0) is 31.0 Å². The topological polar surface area (TPSA) is 119 Å². The summed E-state index contributed by atoms with van der Waals surface area (Å²) >= 11 is 0. The molecule has 35 heavy (non-hydrogen) atoms. The van der Waals surface area contributed by atoms with Crippen LogP contribution in [0.3, 0.4) is 0 Å². The number of rotatable bonds is 6. The normalized spacial score (nSPS) is 17.7. The van der Waals surface area contributed by atoms with Gasteiger partial charge >= 0.3 is 0 Å². The van der Waals surface area contributed by atoms with Gasteiger partial charge in [-0.3, -0.25) is 14.0 Å². The number of anilines is 1. The quantitative estimate of drug-likeness (QED) is 0.449. The number of nitriles is 1. The fourth-order valence-corrected chi connectivity index (χ4v) is 4.80. The van der Waals surface area contributed by atoms with E-state index in [4.69, 9.17) is 19.4 Å². The Hall–Kier alpha value is -3.59. The number of hydrogen-bond donors (Lipinski definition) is 1. The van der Waals surface area contributed by atoms with Gasteiger partial charge in [-0.25, -0.2) is 15.0 Å². The Morgan fingerprint density at radius 2 is 1.86 bits per heavy atom. The Morgan fingerprint density at radius 3 is 2.69 bits per heavy atom. The zero-order valence-corrected chi connectivity index (χ0v) is 19.4. The van der Waals surface area contributed by atoms with E-state index in [1.165, 1.54) is 0 Å². The minimum absolute atomic E-state index is 0.243. The van der Waals surface area contributed by atoms with Crippen molar-refractivity contribution in [3.63, 3.8) is 0 Å². The molecule has 4 aromatic rings. The van der Waals surface area contributed by atoms with E-state index in [-0.39, 0.29) is 6.04 Å². The number of fused-ring (bicyclic) bond motifs is 2. The van der Waals surface area contributed by atoms with Crippen molar-refractivity contribution in [1.82, 2.24) is 34.0 Å². The zero-order chi connectivity index (χ0) is 23.6. The van der Waals surface area contributed by atoms with E-state index in [1.807, 2.05) is 16.7 Å². The average Bonchev–Trinajstić information content (AvgIpc) is 3.50. The molecule has 2 aliphatic heterocycles. The summed E-state index contributed by atoms with van der Waals surface area (Å²) in [6.45, 7) is 6.65. The standard InChI is InChI=1S/C24H27N9O2/c25-14-17-1-2-19-21(13-17)32(16-28-19)23-27-15-20-22(30-23)33(18-3-9-34-10-4-18)24(29-20)26-5-6-31-7-11-35-12-8-31/h1-2,13,15-16,18H,3-12H2,(H,26,29). The van der Waals surface area contributed by atoms with Crippen LogP contribution >= 0.6 is 0 Å². The number of nitrogens with zero attached hydrogens (tertiary/aromatic N) is 8. The van der Waals surface area contributed by atoms with Gasteiger partial charge in [0.15, 0.2) is 5.65 Å². The highest BCUT2D eigenvalue weighted by Gasteiger charge is 2.24. The molecular formula is C24H27N9O2. The first kappa shape index (κ1) is 21.9. The van der Waals surface area contributed by atoms with Crippen LogP contribution in [-0.4, -0.2) is 86.6 Å². The highest BCUT2D eigenvalue weighted by molar-refractivity contribution is 5.79. The third kappa shape index (κ3) is 4.32. The molecule has 0 atom stereocenters. The Kier molecular flexibility index (Phi) is 5.99. The Morgan fingerprint density at radius 1 is 1.03 bits per heavy atom. The number of hydrogen-bond acceptors (Lipinski definition) is 9. The largest absolute Gasteiger partial charge is 0.381 e. The number of ether oxygens (including phenoxy) is 2. The molecule has 11 nitrogen and oxygen atoms in total. The molecule has 0 saturated carbocycles. The van der Waals surface area contributed by atoms with Crippen LogP contribution in [-0.2, 0) is 9.47 Å². The van der Waals surface area contributed by atoms with E-state index >= 15 is 0 Å². The predicted octanol–water partition coefficient (Wildman–Crippen LogP) is 2.13. The summed E-state index contributed by atoms with van der Waals surface area (Å²) < 4.78 is 15.1. The van der Waals surface area contributed by atoms with Crippen LogP contribution in [0.15, 0.2) is 30.7 Å². The molecule has 11 heteroatoms. The van der Waals surface area contributed by atoms with Crippen molar-refractivity contribution in [2.45, 2.75) is 18.9 Å². The van der Waals surface area contributed by atoms with Gasteiger partial charge in [-0.2, -0.15) is 10.2 Å². The molecule has 5 heterocycles. The van der Waals surface area contributed by atoms with Crippen LogP contribution in [0.2, 0.25) is 0 Å². The lowest BCUT2D eigenvalue weighted by atomic mass is 10.1. The third-order valence-corrected chi connectivity index (χ3v) is 6.68. The molecule has 0 aliphatic carbocycles. The Bertz CT molecular complexity index is 1380. The number of morpholine rings is 1. The SMILES string of the molecule is N#Cc1ccc2ncn(-c3ncc4nc(NCCN5CCOCC5)n(C5CCOCC5)c4n3)c2c1. The van der Waals surface area contributed by atoms with Crippen LogP contribution in [0, 0.1) is 11.3 Å². The summed E-state index contributed by atoms with van der Waals surface area (Å²) in [5.41, 5.74) is 3.69. The molecule has 0 amide bonds. The summed E-state index contributed by atoms with van der Waals surface area (Å²) in [6, 6.07) is 7.84. The Labute approximate surface area is 202 Å². The van der Waals surface area contributed by atoms with Gasteiger partial charge in [0.25, 0.3) is 0 Å². The maximum Gasteiger partial charge on any atom is 0.237 e. The monoisotopic (exact) mass is 473 g/mol. The highest BCUT2D eigenvalue weighted by atomic mass is 16.5. The molecular weight excluding hydrogens is 446 g/mol. The lowest BCUT2D eigenvalue weighted by molar-refractivity contribution is 0.0398. The van der Waals surface area contributed by atoms with Gasteiger partial charge in [-0.15, -0.1) is 0 Å². The fraction of sp³-hybridized carbons (Fsp3) is 0.458. The van der Waals surface area contributed by atoms with E-state index in [0.717, 1.165) is 93.6 Å². The van der Waals surface area contributed by atoms with Gasteiger partial charge in [-0.1, -0.05) is 0 Å². The second-order valence-corrected chi connectivity index (χ2v) is 8.84. The van der Waals surface area contributed by atoms with Crippen LogP contribution < -0.4 is 5.32 Å². The number of imidazole rings is 2. The molecule has 3 aromatic heterocycles. The predicted molar refractivity (Wildman–Crippen MR) is 130 cm³/mol. The van der Waals surface area contributed by atoms with Crippen LogP contribution in [0.5, 0.6) is 0 Å². The van der Waals surface area contributed by atoms with Gasteiger partial charge in [0, 0.05) is 45.4 Å². The van der Waals surface area contributed by atoms with Crippen LogP contribution in [0.1, 0.15) is 24.4 Å². The third-order valence-electron chi connectivity index (χ3n) is 6.68. The van der Waals surface area contributed by atoms with E-state index in [2.05, 4.69) is 30.8 Å². The molecule has 6 rings (SSSR count). The molecule has 0 bridgehead atoms. The lowest BCUT2D eigenvalue weighted by Gasteiger charge is -2.27. The van der Waals surface area contributed by atoms with Gasteiger partial charge in [0.1, 0.15) is 11.8 Å². The first-order valence-electron chi connectivity index (χ1n) is 12.0. The van der Waals surface area contributed by atoms with Crippen molar-refractivity contribution in [3.05, 3.63) is 36.3 Å². The molecule has 0 radical (unpaired) electrons. The summed E-state index contributed by atoms with van der Waals surface area (Å²) in [7, 11) is 0. The maximum absolute atomic E-state index is 9.33. The van der Waals surface area contributed by atoms with Crippen molar-refractivity contribution >= 4 is 28.1 Å². The summed E-state index contributed by atoms with van der Waals surface area (Å²) in [6.07, 6.45) is 5.27. The summed E-state index contributed by atoms with van der Waals surface area (Å²) in [5.74, 6) is 1.32. The van der Waals surface area contributed by atoms with Crippen LogP contribution in [0.4, 0.5) is 5.95 Å². The number of aromatic nitrogens is 6. The average molecular weight is 474 g/mol. The van der Waals surface area contributed by atoms with E-state index in [9.17, 15) is 5.26 Å². The second-order valence-electron chi connectivity index (χ2n) is 8.84. The zero-order valence-electron chi connectivity index (χ0n) is 19.4. The number of benzene rings is 1. The highest BCUT2D eigenvalue weighted by Crippen LogP contribution is 2.30. The van der Waals surface area contributed by atoms with E-state index < -0.39 is 0 Å². The summed E-state index contributed by atoms with van der Waals surface area (Å²) in [4.78, 5) is 21.2. The molecule has 0 unspecified atom stereocenters. The molecule has 2 aliphatic rings. The van der Waals surface area contributed by atoms with Crippen molar-refractivity contribution in [1.29, 1.82) is 5.26 Å². The van der Waals surface area contributed by atoms with Crippen molar-refractivity contribution in [2.75, 3.05) is 57.9 Å². The number of nitrogens with one attached hydrogen (secondary N) is 1. The van der Waals surface area contributed by atoms with E-state index in [1.54, 1.807) is 18.6 Å². The molecule has 0 spiro atoms. The minimum Gasteiger partial charge on any atom is -0.381 e. The van der Waals surface area contributed by atoms with Crippen molar-refractivity contribution in [2.24, 2.45) is 0 Å². The molecule has 2 fully saturated rings. The smallest absolute Gasteiger partial charge is 0.237 e.